The van der Waals surface area contributed by atoms with Gasteiger partial charge in [-0.3, -0.25) is 4.79 Å². The molecule has 4 atom stereocenters. The van der Waals surface area contributed by atoms with Gasteiger partial charge in [0.15, 0.2) is 0 Å². The third-order valence-corrected chi connectivity index (χ3v) is 8.83. The minimum Gasteiger partial charge on any atom is -0.353 e. The maximum Gasteiger partial charge on any atom is 0.226 e. The second kappa shape index (κ2) is 7.75. The molecule has 3 aliphatic rings. The van der Waals surface area contributed by atoms with Gasteiger partial charge in [0.25, 0.3) is 0 Å². The molecular weight excluding hydrogens is 354 g/mol. The molecule has 3 saturated carbocycles. The van der Waals surface area contributed by atoms with E-state index in [0.717, 1.165) is 31.6 Å². The molecule has 160 valence electrons. The lowest BCUT2D eigenvalue weighted by molar-refractivity contribution is -0.139. The van der Waals surface area contributed by atoms with Crippen molar-refractivity contribution in [3.05, 3.63) is 35.9 Å². The Morgan fingerprint density at radius 1 is 1.00 bits per heavy atom. The van der Waals surface area contributed by atoms with Gasteiger partial charge in [-0.05, 0) is 86.0 Å². The molecular formula is C27H41NO. The van der Waals surface area contributed by atoms with Gasteiger partial charge >= 0.3 is 0 Å². The highest BCUT2D eigenvalue weighted by Crippen LogP contribution is 2.62. The Bertz CT molecular complexity index is 721. The highest BCUT2D eigenvalue weighted by atomic mass is 16.2. The van der Waals surface area contributed by atoms with E-state index in [1.807, 2.05) is 0 Å². The van der Waals surface area contributed by atoms with Crippen molar-refractivity contribution in [1.82, 2.24) is 5.32 Å². The van der Waals surface area contributed by atoms with Crippen LogP contribution in [-0.4, -0.2) is 11.9 Å². The second-order valence-corrected chi connectivity index (χ2v) is 11.6. The van der Waals surface area contributed by atoms with Crippen molar-refractivity contribution in [2.24, 2.45) is 22.7 Å². The average Bonchev–Trinajstić information content (AvgIpc) is 2.69. The van der Waals surface area contributed by atoms with Gasteiger partial charge in [0.1, 0.15) is 0 Å². The van der Waals surface area contributed by atoms with Crippen molar-refractivity contribution >= 4 is 5.91 Å². The fourth-order valence-corrected chi connectivity index (χ4v) is 7.34. The number of carbonyl (C=O) groups is 1. The zero-order valence-corrected chi connectivity index (χ0v) is 19.1. The quantitative estimate of drug-likeness (QED) is 0.608. The summed E-state index contributed by atoms with van der Waals surface area (Å²) in [6.45, 7) is 9.46. The molecule has 2 heteroatoms. The zero-order valence-electron chi connectivity index (χ0n) is 19.1. The number of fused-ring (bicyclic) bond motifs is 2. The fraction of sp³-hybridized carbons (Fsp3) is 0.741. The van der Waals surface area contributed by atoms with Crippen LogP contribution < -0.4 is 5.32 Å². The number of nitrogens with one attached hydrogen (secondary N) is 1. The molecule has 3 unspecified atom stereocenters. The highest BCUT2D eigenvalue weighted by molar-refractivity contribution is 5.83. The number of benzene rings is 1. The summed E-state index contributed by atoms with van der Waals surface area (Å²) < 4.78 is 0. The molecule has 2 nitrogen and oxygen atoms in total. The molecule has 0 saturated heterocycles. The number of rotatable bonds is 4. The summed E-state index contributed by atoms with van der Waals surface area (Å²) in [6, 6.07) is 11.5. The van der Waals surface area contributed by atoms with Crippen molar-refractivity contribution in [1.29, 1.82) is 0 Å². The van der Waals surface area contributed by atoms with E-state index >= 15 is 0 Å². The monoisotopic (exact) mass is 395 g/mol. The van der Waals surface area contributed by atoms with Crippen LogP contribution in [0.25, 0.3) is 0 Å². The minimum atomic E-state index is -0.239. The van der Waals surface area contributed by atoms with Crippen LogP contribution in [0.15, 0.2) is 30.3 Å². The summed E-state index contributed by atoms with van der Waals surface area (Å²) in [5.74, 6) is 1.81. The van der Waals surface area contributed by atoms with Crippen LogP contribution >= 0.6 is 0 Å². The molecule has 3 aliphatic carbocycles. The lowest BCUT2D eigenvalue weighted by Crippen LogP contribution is -2.55. The third-order valence-electron chi connectivity index (χ3n) is 8.83. The SMILES string of the molecule is CC[C@@]1(C)CC2CC(C)(C(=O)NC3CCC(C)CC3)CC(c3ccccc3)(C2)C1. The Labute approximate surface area is 178 Å². The van der Waals surface area contributed by atoms with Gasteiger partial charge in [-0.2, -0.15) is 0 Å². The first-order valence-corrected chi connectivity index (χ1v) is 12.1. The summed E-state index contributed by atoms with van der Waals surface area (Å²) in [6.07, 6.45) is 11.9. The van der Waals surface area contributed by atoms with E-state index in [9.17, 15) is 4.79 Å². The Balaban J connectivity index is 1.59. The maximum absolute atomic E-state index is 13.6. The molecule has 1 amide bonds. The number of carbonyl (C=O) groups excluding carboxylic acids is 1. The minimum absolute atomic E-state index is 0.153. The standard InChI is InChI=1S/C27H41NO/c1-5-25(3)15-21-16-26(4,24(29)28-23-13-11-20(2)12-14-23)19-27(17-21,18-25)22-9-7-6-8-10-22/h6-10,20-21,23H,5,11-19H2,1-4H3,(H,28,29)/t20?,21?,23?,25-,26?,27?/m0/s1. The van der Waals surface area contributed by atoms with Crippen LogP contribution in [0, 0.1) is 22.7 Å². The van der Waals surface area contributed by atoms with Crippen LogP contribution in [0.3, 0.4) is 0 Å². The van der Waals surface area contributed by atoms with Crippen LogP contribution in [0.4, 0.5) is 0 Å². The average molecular weight is 396 g/mol. The molecule has 29 heavy (non-hydrogen) atoms. The number of hydrogen-bond acceptors (Lipinski definition) is 1. The first-order valence-electron chi connectivity index (χ1n) is 12.1. The van der Waals surface area contributed by atoms with E-state index in [-0.39, 0.29) is 10.8 Å². The molecule has 0 aromatic heterocycles. The van der Waals surface area contributed by atoms with E-state index in [1.54, 1.807) is 0 Å². The van der Waals surface area contributed by atoms with Gasteiger partial charge in [0.2, 0.25) is 5.91 Å². The molecule has 2 bridgehead atoms. The Hall–Kier alpha value is -1.31. The van der Waals surface area contributed by atoms with Crippen molar-refractivity contribution in [3.63, 3.8) is 0 Å². The molecule has 1 N–H and O–H groups in total. The van der Waals surface area contributed by atoms with Crippen molar-refractivity contribution in [2.45, 2.75) is 103 Å². The largest absolute Gasteiger partial charge is 0.353 e. The van der Waals surface area contributed by atoms with Crippen LogP contribution in [0.5, 0.6) is 0 Å². The van der Waals surface area contributed by atoms with Crippen LogP contribution in [0.2, 0.25) is 0 Å². The normalized spacial score (nSPS) is 42.3. The molecule has 0 radical (unpaired) electrons. The van der Waals surface area contributed by atoms with Crippen molar-refractivity contribution in [2.75, 3.05) is 0 Å². The van der Waals surface area contributed by atoms with E-state index in [1.165, 1.54) is 44.1 Å². The smallest absolute Gasteiger partial charge is 0.226 e. The maximum atomic E-state index is 13.6. The summed E-state index contributed by atoms with van der Waals surface area (Å²) in [5.41, 5.74) is 1.78. The van der Waals surface area contributed by atoms with E-state index in [2.05, 4.69) is 63.3 Å². The number of amides is 1. The molecule has 3 fully saturated rings. The predicted molar refractivity (Wildman–Crippen MR) is 121 cm³/mol. The van der Waals surface area contributed by atoms with Gasteiger partial charge in [-0.1, -0.05) is 64.4 Å². The predicted octanol–water partition coefficient (Wildman–Crippen LogP) is 6.64. The Morgan fingerprint density at radius 3 is 2.34 bits per heavy atom. The van der Waals surface area contributed by atoms with Crippen LogP contribution in [0.1, 0.15) is 97.5 Å². The Kier molecular flexibility index (Phi) is 5.59. The van der Waals surface area contributed by atoms with Gasteiger partial charge in [0.05, 0.1) is 0 Å². The third kappa shape index (κ3) is 4.14. The van der Waals surface area contributed by atoms with E-state index in [0.29, 0.717) is 23.3 Å². The van der Waals surface area contributed by atoms with Crippen molar-refractivity contribution in [3.8, 4) is 0 Å². The number of hydrogen-bond donors (Lipinski definition) is 1. The Morgan fingerprint density at radius 2 is 1.69 bits per heavy atom. The van der Waals surface area contributed by atoms with Gasteiger partial charge in [-0.25, -0.2) is 0 Å². The molecule has 1 aromatic carbocycles. The van der Waals surface area contributed by atoms with Crippen LogP contribution in [-0.2, 0) is 10.2 Å². The van der Waals surface area contributed by atoms with Gasteiger partial charge in [0, 0.05) is 11.5 Å². The summed E-state index contributed by atoms with van der Waals surface area (Å²) in [7, 11) is 0. The highest BCUT2D eigenvalue weighted by Gasteiger charge is 2.56. The van der Waals surface area contributed by atoms with Crippen molar-refractivity contribution < 1.29 is 4.79 Å². The molecule has 0 aliphatic heterocycles. The zero-order chi connectivity index (χ0) is 20.7. The van der Waals surface area contributed by atoms with E-state index < -0.39 is 0 Å². The topological polar surface area (TPSA) is 29.1 Å². The first kappa shape index (κ1) is 20.9. The lowest BCUT2D eigenvalue weighted by atomic mass is 9.47. The van der Waals surface area contributed by atoms with Gasteiger partial charge < -0.3 is 5.32 Å². The summed E-state index contributed by atoms with van der Waals surface area (Å²) >= 11 is 0. The molecule has 0 heterocycles. The fourth-order valence-electron chi connectivity index (χ4n) is 7.34. The first-order chi connectivity index (χ1) is 13.8. The summed E-state index contributed by atoms with van der Waals surface area (Å²) in [5, 5.41) is 3.50. The molecule has 1 aromatic rings. The van der Waals surface area contributed by atoms with E-state index in [4.69, 9.17) is 0 Å². The molecule has 0 spiro atoms. The van der Waals surface area contributed by atoms with Gasteiger partial charge in [-0.15, -0.1) is 0 Å². The molecule has 4 rings (SSSR count). The second-order valence-electron chi connectivity index (χ2n) is 11.6. The lowest BCUT2D eigenvalue weighted by Gasteiger charge is -2.58. The summed E-state index contributed by atoms with van der Waals surface area (Å²) in [4.78, 5) is 13.6.